The Kier molecular flexibility index (Phi) is 2.16. The van der Waals surface area contributed by atoms with Gasteiger partial charge >= 0.3 is 0 Å². The summed E-state index contributed by atoms with van der Waals surface area (Å²) >= 11 is 5.97. The highest BCUT2D eigenvalue weighted by atomic mass is 35.5. The van der Waals surface area contributed by atoms with E-state index in [9.17, 15) is 4.79 Å². The van der Waals surface area contributed by atoms with Gasteiger partial charge in [-0.25, -0.2) is 9.67 Å². The molecule has 6 heteroatoms. The number of aryl methyl sites for hydroxylation is 1. The van der Waals surface area contributed by atoms with E-state index in [1.54, 1.807) is 29.8 Å². The maximum Gasteiger partial charge on any atom is 0.246 e. The average Bonchev–Trinajstić information content (AvgIpc) is 2.56. The Balaban J connectivity index is 2.30. The number of fused-ring (bicyclic) bond motifs is 3. The van der Waals surface area contributed by atoms with Crippen LogP contribution in [0.5, 0.6) is 0 Å². The summed E-state index contributed by atoms with van der Waals surface area (Å²) in [5.41, 5.74) is 1.51. The molecule has 17 heavy (non-hydrogen) atoms. The highest BCUT2D eigenvalue weighted by molar-refractivity contribution is 6.31. The van der Waals surface area contributed by atoms with Crippen LogP contribution in [0.25, 0.3) is 11.4 Å². The molecule has 1 aliphatic heterocycles. The highest BCUT2D eigenvalue weighted by Gasteiger charge is 2.21. The average molecular weight is 249 g/mol. The van der Waals surface area contributed by atoms with Crippen LogP contribution in [0.1, 0.15) is 5.82 Å². The van der Waals surface area contributed by atoms with Crippen molar-refractivity contribution in [3.63, 3.8) is 0 Å². The van der Waals surface area contributed by atoms with Gasteiger partial charge in [-0.2, -0.15) is 5.10 Å². The van der Waals surface area contributed by atoms with Crippen molar-refractivity contribution in [1.29, 1.82) is 0 Å². The number of hydrogen-bond acceptors (Lipinski definition) is 3. The van der Waals surface area contributed by atoms with Crippen molar-refractivity contribution in [3.8, 4) is 11.4 Å². The quantitative estimate of drug-likeness (QED) is 0.774. The third-order valence-corrected chi connectivity index (χ3v) is 2.80. The molecule has 0 saturated heterocycles. The summed E-state index contributed by atoms with van der Waals surface area (Å²) in [5, 5.41) is 7.60. The van der Waals surface area contributed by atoms with Crippen molar-refractivity contribution in [3.05, 3.63) is 29.0 Å². The van der Waals surface area contributed by atoms with Crippen LogP contribution in [-0.4, -0.2) is 20.7 Å². The Hall–Kier alpha value is -1.88. The van der Waals surface area contributed by atoms with Gasteiger partial charge in [0.05, 0.1) is 5.69 Å². The lowest BCUT2D eigenvalue weighted by atomic mass is 10.1. The monoisotopic (exact) mass is 248 g/mol. The molecule has 1 amide bonds. The molecular weight excluding hydrogens is 240 g/mol. The third-order valence-electron chi connectivity index (χ3n) is 2.57. The number of benzene rings is 1. The van der Waals surface area contributed by atoms with E-state index in [2.05, 4.69) is 15.4 Å². The Morgan fingerprint density at radius 3 is 3.12 bits per heavy atom. The van der Waals surface area contributed by atoms with Gasteiger partial charge in [0, 0.05) is 10.6 Å². The summed E-state index contributed by atoms with van der Waals surface area (Å²) in [5.74, 6) is 1.19. The van der Waals surface area contributed by atoms with E-state index in [1.807, 2.05) is 0 Å². The van der Waals surface area contributed by atoms with Crippen LogP contribution >= 0.6 is 11.6 Å². The van der Waals surface area contributed by atoms with E-state index >= 15 is 0 Å². The number of amides is 1. The number of hydrogen-bond donors (Lipinski definition) is 1. The summed E-state index contributed by atoms with van der Waals surface area (Å²) in [6.45, 7) is 1.96. The first kappa shape index (κ1) is 10.3. The highest BCUT2D eigenvalue weighted by Crippen LogP contribution is 2.31. The molecule has 2 heterocycles. The zero-order chi connectivity index (χ0) is 12.0. The minimum absolute atomic E-state index is 0.114. The molecule has 0 radical (unpaired) electrons. The number of anilines is 1. The van der Waals surface area contributed by atoms with Gasteiger partial charge in [0.25, 0.3) is 0 Å². The minimum Gasteiger partial charge on any atom is -0.324 e. The second kappa shape index (κ2) is 3.56. The maximum absolute atomic E-state index is 11.7. The largest absolute Gasteiger partial charge is 0.324 e. The van der Waals surface area contributed by atoms with Crippen LogP contribution < -0.4 is 5.32 Å². The second-order valence-corrected chi connectivity index (χ2v) is 4.31. The van der Waals surface area contributed by atoms with Gasteiger partial charge in [-0.1, -0.05) is 11.6 Å². The predicted molar refractivity (Wildman–Crippen MR) is 63.8 cm³/mol. The molecule has 0 bridgehead atoms. The van der Waals surface area contributed by atoms with Crippen LogP contribution in [0.3, 0.4) is 0 Å². The summed E-state index contributed by atoms with van der Waals surface area (Å²) in [4.78, 5) is 16.0. The summed E-state index contributed by atoms with van der Waals surface area (Å²) in [6.07, 6.45) is 0. The van der Waals surface area contributed by atoms with Gasteiger partial charge in [-0.05, 0) is 25.1 Å². The Morgan fingerprint density at radius 2 is 2.29 bits per heavy atom. The van der Waals surface area contributed by atoms with E-state index in [4.69, 9.17) is 11.6 Å². The molecule has 3 rings (SSSR count). The second-order valence-electron chi connectivity index (χ2n) is 3.88. The molecule has 86 valence electrons. The number of halogens is 1. The van der Waals surface area contributed by atoms with Gasteiger partial charge in [-0.3, -0.25) is 4.79 Å². The molecule has 1 N–H and O–H groups in total. The fourth-order valence-electron chi connectivity index (χ4n) is 1.90. The number of nitrogens with one attached hydrogen (secondary N) is 1. The topological polar surface area (TPSA) is 59.8 Å². The predicted octanol–water partition coefficient (Wildman–Crippen LogP) is 1.86. The smallest absolute Gasteiger partial charge is 0.246 e. The van der Waals surface area contributed by atoms with Crippen LogP contribution in [0.15, 0.2) is 18.2 Å². The molecule has 0 saturated carbocycles. The molecule has 0 fully saturated rings. The van der Waals surface area contributed by atoms with Gasteiger partial charge in [0.15, 0.2) is 5.82 Å². The molecule has 0 spiro atoms. The molecule has 2 aromatic rings. The fourth-order valence-corrected chi connectivity index (χ4v) is 2.07. The Morgan fingerprint density at radius 1 is 1.47 bits per heavy atom. The van der Waals surface area contributed by atoms with E-state index < -0.39 is 0 Å². The number of carbonyl (C=O) groups is 1. The first-order chi connectivity index (χ1) is 8.13. The number of aromatic nitrogens is 3. The first-order valence-corrected chi connectivity index (χ1v) is 5.52. The normalized spacial score (nSPS) is 13.6. The molecular formula is C11H9ClN4O. The SMILES string of the molecule is Cc1nc2n(n1)CC(=O)Nc1ccc(Cl)cc1-2. The number of carbonyl (C=O) groups excluding carboxylic acids is 1. The van der Waals surface area contributed by atoms with Gasteiger partial charge in [0.2, 0.25) is 5.91 Å². The van der Waals surface area contributed by atoms with Crippen LogP contribution in [0.4, 0.5) is 5.69 Å². The Labute approximate surface area is 102 Å². The van der Waals surface area contributed by atoms with Crippen molar-refractivity contribution in [2.45, 2.75) is 13.5 Å². The molecule has 1 aromatic carbocycles. The van der Waals surface area contributed by atoms with Crippen LogP contribution in [0.2, 0.25) is 5.02 Å². The van der Waals surface area contributed by atoms with Gasteiger partial charge in [0.1, 0.15) is 12.4 Å². The fraction of sp³-hybridized carbons (Fsp3) is 0.182. The number of nitrogens with zero attached hydrogens (tertiary/aromatic N) is 3. The maximum atomic E-state index is 11.7. The van der Waals surface area contributed by atoms with Crippen LogP contribution in [0, 0.1) is 6.92 Å². The lowest BCUT2D eigenvalue weighted by molar-refractivity contribution is -0.116. The molecule has 1 aliphatic rings. The molecule has 1 aromatic heterocycles. The van der Waals surface area contributed by atoms with E-state index in [0.29, 0.717) is 22.4 Å². The van der Waals surface area contributed by atoms with Crippen molar-refractivity contribution in [1.82, 2.24) is 14.8 Å². The van der Waals surface area contributed by atoms with Crippen LogP contribution in [-0.2, 0) is 11.3 Å². The Bertz CT molecular complexity index is 620. The van der Waals surface area contributed by atoms with E-state index in [0.717, 1.165) is 5.56 Å². The van der Waals surface area contributed by atoms with Crippen molar-refractivity contribution in [2.75, 3.05) is 5.32 Å². The molecule has 0 unspecified atom stereocenters. The molecule has 5 nitrogen and oxygen atoms in total. The zero-order valence-corrected chi connectivity index (χ0v) is 9.82. The first-order valence-electron chi connectivity index (χ1n) is 5.15. The van der Waals surface area contributed by atoms with Gasteiger partial charge in [-0.15, -0.1) is 0 Å². The molecule has 0 aliphatic carbocycles. The van der Waals surface area contributed by atoms with E-state index in [-0.39, 0.29) is 12.5 Å². The minimum atomic E-state index is -0.114. The summed E-state index contributed by atoms with van der Waals surface area (Å²) in [7, 11) is 0. The summed E-state index contributed by atoms with van der Waals surface area (Å²) < 4.78 is 1.59. The lowest BCUT2D eigenvalue weighted by Gasteiger charge is -2.05. The zero-order valence-electron chi connectivity index (χ0n) is 9.07. The standard InChI is InChI=1S/C11H9ClN4O/c1-6-13-11-8-4-7(12)2-3-9(8)14-10(17)5-16(11)15-6/h2-4H,5H2,1H3,(H,14,17). The van der Waals surface area contributed by atoms with Crippen molar-refractivity contribution >= 4 is 23.2 Å². The summed E-state index contributed by atoms with van der Waals surface area (Å²) in [6, 6.07) is 5.29. The van der Waals surface area contributed by atoms with Crippen molar-refractivity contribution in [2.24, 2.45) is 0 Å². The van der Waals surface area contributed by atoms with Crippen molar-refractivity contribution < 1.29 is 4.79 Å². The third kappa shape index (κ3) is 1.68. The van der Waals surface area contributed by atoms with E-state index in [1.165, 1.54) is 0 Å². The molecule has 0 atom stereocenters. The number of rotatable bonds is 0. The lowest BCUT2D eigenvalue weighted by Crippen LogP contribution is -2.17. The van der Waals surface area contributed by atoms with Gasteiger partial charge < -0.3 is 5.32 Å².